The topological polar surface area (TPSA) is 16.1 Å². The summed E-state index contributed by atoms with van der Waals surface area (Å²) in [4.78, 5) is 7.01. The number of halogens is 3. The maximum Gasteiger partial charge on any atom is 0.416 e. The van der Waals surface area contributed by atoms with Gasteiger partial charge in [0.15, 0.2) is 0 Å². The molecule has 1 heterocycles. The first-order valence-corrected chi connectivity index (χ1v) is 11.2. The number of aryl methyl sites for hydroxylation is 1. The third-order valence-electron chi connectivity index (χ3n) is 6.15. The fourth-order valence-electron chi connectivity index (χ4n) is 4.45. The van der Waals surface area contributed by atoms with Crippen molar-refractivity contribution in [1.82, 2.24) is 4.98 Å². The summed E-state index contributed by atoms with van der Waals surface area (Å²) in [5, 5.41) is 2.38. The highest BCUT2D eigenvalue weighted by Gasteiger charge is 2.30. The smallest absolute Gasteiger partial charge is 0.367 e. The Bertz CT molecular complexity index is 1260. The number of aromatic nitrogens is 1. The molecule has 0 N–H and O–H groups in total. The van der Waals surface area contributed by atoms with Gasteiger partial charge in [-0.15, -0.1) is 0 Å². The quantitative estimate of drug-likeness (QED) is 0.295. The molecule has 2 nitrogen and oxygen atoms in total. The lowest BCUT2D eigenvalue weighted by molar-refractivity contribution is -0.137. The first-order valence-electron chi connectivity index (χ1n) is 11.2. The maximum absolute atomic E-state index is 13.2. The maximum atomic E-state index is 13.2. The number of hydrogen-bond donors (Lipinski definition) is 0. The number of rotatable bonds is 6. The lowest BCUT2D eigenvalue weighted by atomic mass is 9.96. The number of pyridine rings is 1. The zero-order valence-electron chi connectivity index (χ0n) is 19.0. The van der Waals surface area contributed by atoms with Crippen LogP contribution in [-0.2, 0) is 6.18 Å². The Morgan fingerprint density at radius 2 is 1.64 bits per heavy atom. The first kappa shape index (κ1) is 22.8. The van der Waals surface area contributed by atoms with Gasteiger partial charge in [0.2, 0.25) is 0 Å². The summed E-state index contributed by atoms with van der Waals surface area (Å²) in [7, 11) is 2.10. The van der Waals surface area contributed by atoms with E-state index in [9.17, 15) is 13.2 Å². The molecule has 0 aliphatic carbocycles. The largest absolute Gasteiger partial charge is 0.416 e. The number of benzene rings is 3. The highest BCUT2D eigenvalue weighted by atomic mass is 19.4. The molecule has 0 saturated heterocycles. The summed E-state index contributed by atoms with van der Waals surface area (Å²) >= 11 is 0. The molecule has 33 heavy (non-hydrogen) atoms. The van der Waals surface area contributed by atoms with Crippen LogP contribution in [0.1, 0.15) is 42.6 Å². The molecule has 4 rings (SSSR count). The highest BCUT2D eigenvalue weighted by molar-refractivity contribution is 5.94. The van der Waals surface area contributed by atoms with E-state index in [0.717, 1.165) is 41.9 Å². The predicted molar refractivity (Wildman–Crippen MR) is 129 cm³/mol. The molecule has 0 amide bonds. The normalized spacial score (nSPS) is 12.7. The Balaban J connectivity index is 1.72. The van der Waals surface area contributed by atoms with Crippen molar-refractivity contribution >= 4 is 16.5 Å². The standard InChI is InChI=1S/C28H27F3N2/c1-4-9-26(33(3)27-15-8-11-20-10-5-6-14-24(20)27)23-16-17-25(32-19(23)2)21-12-7-13-22(18-21)28(29,30)31/h5-8,10-18,26H,4,9H2,1-3H3. The number of hydrogen-bond acceptors (Lipinski definition) is 2. The van der Waals surface area contributed by atoms with Gasteiger partial charge >= 0.3 is 6.18 Å². The second kappa shape index (κ2) is 9.26. The van der Waals surface area contributed by atoms with Crippen molar-refractivity contribution in [3.05, 3.63) is 95.7 Å². The molecule has 0 radical (unpaired) electrons. The van der Waals surface area contributed by atoms with Gasteiger partial charge in [0.25, 0.3) is 0 Å². The zero-order valence-corrected chi connectivity index (χ0v) is 19.0. The third kappa shape index (κ3) is 4.72. The van der Waals surface area contributed by atoms with E-state index < -0.39 is 11.7 Å². The SMILES string of the molecule is CCCC(c1ccc(-c2cccc(C(F)(F)F)c2)nc1C)N(C)c1cccc2ccccc12. The summed E-state index contributed by atoms with van der Waals surface area (Å²) < 4.78 is 39.5. The molecule has 0 spiro atoms. The average molecular weight is 449 g/mol. The van der Waals surface area contributed by atoms with Crippen molar-refractivity contribution < 1.29 is 13.2 Å². The second-order valence-electron chi connectivity index (χ2n) is 8.36. The highest BCUT2D eigenvalue weighted by Crippen LogP contribution is 2.36. The molecule has 0 aliphatic heterocycles. The van der Waals surface area contributed by atoms with Crippen LogP contribution < -0.4 is 4.90 Å². The van der Waals surface area contributed by atoms with Gasteiger partial charge < -0.3 is 4.90 Å². The van der Waals surface area contributed by atoms with Crippen LogP contribution in [0.3, 0.4) is 0 Å². The van der Waals surface area contributed by atoms with Crippen LogP contribution in [0, 0.1) is 6.92 Å². The van der Waals surface area contributed by atoms with Crippen LogP contribution in [0.4, 0.5) is 18.9 Å². The Hall–Kier alpha value is -3.34. The molecule has 0 bridgehead atoms. The van der Waals surface area contributed by atoms with Crippen molar-refractivity contribution in [2.24, 2.45) is 0 Å². The molecule has 3 aromatic carbocycles. The molecule has 0 aliphatic rings. The number of nitrogens with zero attached hydrogens (tertiary/aromatic N) is 2. The predicted octanol–water partition coefficient (Wildman–Crippen LogP) is 8.21. The summed E-state index contributed by atoms with van der Waals surface area (Å²) in [5.74, 6) is 0. The minimum atomic E-state index is -4.38. The fraction of sp³-hybridized carbons (Fsp3) is 0.250. The van der Waals surface area contributed by atoms with Gasteiger partial charge in [-0.1, -0.05) is 67.9 Å². The van der Waals surface area contributed by atoms with Crippen LogP contribution in [-0.4, -0.2) is 12.0 Å². The van der Waals surface area contributed by atoms with Crippen molar-refractivity contribution in [3.63, 3.8) is 0 Å². The monoisotopic (exact) mass is 448 g/mol. The molecule has 1 atom stereocenters. The van der Waals surface area contributed by atoms with Crippen LogP contribution in [0.15, 0.2) is 78.9 Å². The van der Waals surface area contributed by atoms with E-state index in [1.54, 1.807) is 6.07 Å². The van der Waals surface area contributed by atoms with Gasteiger partial charge in [0.1, 0.15) is 0 Å². The van der Waals surface area contributed by atoms with Gasteiger partial charge in [0, 0.05) is 29.4 Å². The number of anilines is 1. The van der Waals surface area contributed by atoms with Gasteiger partial charge in [-0.25, -0.2) is 0 Å². The van der Waals surface area contributed by atoms with Gasteiger partial charge in [-0.3, -0.25) is 4.98 Å². The van der Waals surface area contributed by atoms with E-state index >= 15 is 0 Å². The van der Waals surface area contributed by atoms with Gasteiger partial charge in [-0.05, 0) is 48.6 Å². The third-order valence-corrected chi connectivity index (χ3v) is 6.15. The lowest BCUT2D eigenvalue weighted by Crippen LogP contribution is -2.25. The molecule has 1 aromatic heterocycles. The van der Waals surface area contributed by atoms with Crippen molar-refractivity contribution in [2.75, 3.05) is 11.9 Å². The molecule has 4 aromatic rings. The minimum absolute atomic E-state index is 0.101. The van der Waals surface area contributed by atoms with E-state index in [2.05, 4.69) is 49.2 Å². The van der Waals surface area contributed by atoms with Crippen LogP contribution in [0.25, 0.3) is 22.0 Å². The lowest BCUT2D eigenvalue weighted by Gasteiger charge is -2.32. The Morgan fingerprint density at radius 1 is 0.909 bits per heavy atom. The zero-order chi connectivity index (χ0) is 23.6. The van der Waals surface area contributed by atoms with E-state index in [-0.39, 0.29) is 6.04 Å². The molecule has 0 fully saturated rings. The van der Waals surface area contributed by atoms with Crippen molar-refractivity contribution in [3.8, 4) is 11.3 Å². The van der Waals surface area contributed by atoms with E-state index in [0.29, 0.717) is 11.3 Å². The van der Waals surface area contributed by atoms with E-state index in [4.69, 9.17) is 4.98 Å². The molecular formula is C28H27F3N2. The number of alkyl halides is 3. The molecule has 0 saturated carbocycles. The van der Waals surface area contributed by atoms with Crippen LogP contribution >= 0.6 is 0 Å². The minimum Gasteiger partial charge on any atom is -0.367 e. The van der Waals surface area contributed by atoms with Crippen LogP contribution in [0.2, 0.25) is 0 Å². The molecule has 1 unspecified atom stereocenters. The molecule has 170 valence electrons. The van der Waals surface area contributed by atoms with E-state index in [1.165, 1.54) is 16.8 Å². The summed E-state index contributed by atoms with van der Waals surface area (Å²) in [5.41, 5.74) is 3.41. The second-order valence-corrected chi connectivity index (χ2v) is 8.36. The average Bonchev–Trinajstić information content (AvgIpc) is 2.81. The fourth-order valence-corrected chi connectivity index (χ4v) is 4.45. The molecule has 5 heteroatoms. The molecular weight excluding hydrogens is 421 g/mol. The summed E-state index contributed by atoms with van der Waals surface area (Å²) in [6, 6.07) is 23.9. The Kier molecular flexibility index (Phi) is 6.41. The van der Waals surface area contributed by atoms with E-state index in [1.807, 2.05) is 31.2 Å². The number of fused-ring (bicyclic) bond motifs is 1. The van der Waals surface area contributed by atoms with Gasteiger partial charge in [0.05, 0.1) is 17.3 Å². The van der Waals surface area contributed by atoms with Gasteiger partial charge in [-0.2, -0.15) is 13.2 Å². The first-order chi connectivity index (χ1) is 15.8. The van der Waals surface area contributed by atoms with Crippen molar-refractivity contribution in [1.29, 1.82) is 0 Å². The summed E-state index contributed by atoms with van der Waals surface area (Å²) in [6.45, 7) is 4.09. The Morgan fingerprint density at radius 3 is 2.36 bits per heavy atom. The van der Waals surface area contributed by atoms with Crippen molar-refractivity contribution in [2.45, 2.75) is 38.9 Å². The Labute approximate surface area is 192 Å². The van der Waals surface area contributed by atoms with Crippen LogP contribution in [0.5, 0.6) is 0 Å². The summed E-state index contributed by atoms with van der Waals surface area (Å²) in [6.07, 6.45) is -2.45.